The van der Waals surface area contributed by atoms with Crippen molar-refractivity contribution in [3.63, 3.8) is 0 Å². The largest absolute Gasteiger partial charge is 0.416 e. The molecular weight excluding hydrogens is 488 g/mol. The minimum atomic E-state index is -4.80. The van der Waals surface area contributed by atoms with Crippen molar-refractivity contribution in [2.24, 2.45) is 0 Å². The molecule has 1 aromatic heterocycles. The lowest BCUT2D eigenvalue weighted by atomic mass is 9.72. The molecule has 33 heavy (non-hydrogen) atoms. The van der Waals surface area contributed by atoms with E-state index in [1.165, 1.54) is 18.3 Å². The fraction of sp³-hybridized carbons (Fsp3) is 0.429. The van der Waals surface area contributed by atoms with Crippen LogP contribution in [0.4, 0.5) is 17.6 Å². The van der Waals surface area contributed by atoms with E-state index in [1.807, 2.05) is 0 Å². The molecule has 2 aromatic rings. The molecule has 1 aliphatic carbocycles. The molecule has 12 heteroatoms. The van der Waals surface area contributed by atoms with E-state index in [0.29, 0.717) is 22.8 Å². The molecule has 1 fully saturated rings. The van der Waals surface area contributed by atoms with Crippen LogP contribution in [0, 0.1) is 0 Å². The topological polar surface area (TPSA) is 96.4 Å². The zero-order chi connectivity index (χ0) is 24.6. The van der Waals surface area contributed by atoms with Crippen LogP contribution in [0.25, 0.3) is 0 Å². The molecule has 0 saturated heterocycles. The summed E-state index contributed by atoms with van der Waals surface area (Å²) in [6.07, 6.45) is -4.03. The Morgan fingerprint density at radius 3 is 2.61 bits per heavy atom. The molecule has 0 radical (unpaired) electrons. The molecule has 0 spiro atoms. The highest BCUT2D eigenvalue weighted by Crippen LogP contribution is 2.41. The number of nitrogens with one attached hydrogen (secondary N) is 1. The van der Waals surface area contributed by atoms with Crippen LogP contribution in [-0.4, -0.2) is 49.0 Å². The number of benzene rings is 1. The Labute approximate surface area is 192 Å². The smallest absolute Gasteiger partial charge is 0.387 e. The molecule has 1 saturated carbocycles. The van der Waals surface area contributed by atoms with E-state index < -0.39 is 62.2 Å². The number of sulfone groups is 1. The molecule has 180 valence electrons. The molecule has 1 amide bonds. The number of halogens is 5. The van der Waals surface area contributed by atoms with Crippen LogP contribution >= 0.6 is 11.6 Å². The number of aliphatic hydroxyl groups is 1. The van der Waals surface area contributed by atoms with Gasteiger partial charge in [0.2, 0.25) is 0 Å². The third-order valence-corrected chi connectivity index (χ3v) is 7.03. The number of nitrogens with zero attached hydrogens (tertiary/aromatic N) is 1. The van der Waals surface area contributed by atoms with Gasteiger partial charge < -0.3 is 10.4 Å². The van der Waals surface area contributed by atoms with Gasteiger partial charge in [-0.2, -0.15) is 13.2 Å². The number of hydrogen-bond donors (Lipinski definition) is 2. The first kappa shape index (κ1) is 25.4. The Bertz CT molecular complexity index is 1160. The summed E-state index contributed by atoms with van der Waals surface area (Å²) in [4.78, 5) is 16.3. The summed E-state index contributed by atoms with van der Waals surface area (Å²) in [7, 11) is -4.03. The summed E-state index contributed by atoms with van der Waals surface area (Å²) in [6, 6.07) is 4.71. The van der Waals surface area contributed by atoms with Gasteiger partial charge in [-0.15, -0.1) is 0 Å². The molecule has 3 unspecified atom stereocenters. The van der Waals surface area contributed by atoms with Crippen molar-refractivity contribution >= 4 is 27.3 Å². The number of amides is 1. The Morgan fingerprint density at radius 1 is 1.30 bits per heavy atom. The fourth-order valence-electron chi connectivity index (χ4n) is 3.93. The summed E-state index contributed by atoms with van der Waals surface area (Å²) in [5.41, 5.74) is -3.27. The average Bonchev–Trinajstić information content (AvgIpc) is 2.72. The standard InChI is InChI=1S/C21H21ClF4N2O4S/c1-33(31,32)18-3-2-12(21(24,25)26)8-15(18)19(29)28-11-20(30)6-4-14(23)10-16(20)17-9-13(22)5-7-27-17/h2-3,5,7-9,14,16,30H,4,6,10-11H2,1H3,(H,28,29). The number of hydrogen-bond acceptors (Lipinski definition) is 5. The van der Waals surface area contributed by atoms with Crippen molar-refractivity contribution in [1.82, 2.24) is 10.3 Å². The number of pyridine rings is 1. The maximum Gasteiger partial charge on any atom is 0.416 e. The Morgan fingerprint density at radius 2 is 2.00 bits per heavy atom. The molecule has 1 aromatic carbocycles. The predicted octanol–water partition coefficient (Wildman–Crippen LogP) is 3.92. The monoisotopic (exact) mass is 508 g/mol. The third-order valence-electron chi connectivity index (χ3n) is 5.64. The molecule has 6 nitrogen and oxygen atoms in total. The molecule has 0 aliphatic heterocycles. The van der Waals surface area contributed by atoms with Gasteiger partial charge in [-0.1, -0.05) is 11.6 Å². The maximum atomic E-state index is 14.1. The molecule has 3 rings (SSSR count). The summed E-state index contributed by atoms with van der Waals surface area (Å²) < 4.78 is 77.6. The van der Waals surface area contributed by atoms with Crippen molar-refractivity contribution in [3.05, 3.63) is 58.4 Å². The van der Waals surface area contributed by atoms with Crippen molar-refractivity contribution in [1.29, 1.82) is 0 Å². The normalized spacial score (nSPS) is 23.8. The first-order chi connectivity index (χ1) is 15.2. The van der Waals surface area contributed by atoms with Gasteiger partial charge in [-0.3, -0.25) is 9.78 Å². The highest BCUT2D eigenvalue weighted by Gasteiger charge is 2.44. The van der Waals surface area contributed by atoms with E-state index in [-0.39, 0.29) is 19.3 Å². The summed E-state index contributed by atoms with van der Waals surface area (Å²) in [6.45, 7) is -0.461. The van der Waals surface area contributed by atoms with Crippen LogP contribution in [0.2, 0.25) is 5.02 Å². The quantitative estimate of drug-likeness (QED) is 0.597. The van der Waals surface area contributed by atoms with Gasteiger partial charge in [0.05, 0.1) is 21.6 Å². The summed E-state index contributed by atoms with van der Waals surface area (Å²) in [5, 5.41) is 13.9. The first-order valence-electron chi connectivity index (χ1n) is 9.88. The third kappa shape index (κ3) is 5.82. The van der Waals surface area contributed by atoms with Gasteiger partial charge in [0.1, 0.15) is 6.17 Å². The second-order valence-electron chi connectivity index (χ2n) is 8.09. The van der Waals surface area contributed by atoms with Gasteiger partial charge in [0, 0.05) is 35.6 Å². The van der Waals surface area contributed by atoms with Crippen LogP contribution in [-0.2, 0) is 16.0 Å². The molecular formula is C21H21ClF4N2O4S. The molecule has 1 aliphatic rings. The van der Waals surface area contributed by atoms with E-state index in [9.17, 15) is 35.9 Å². The molecule has 0 bridgehead atoms. The molecule has 1 heterocycles. The second-order valence-corrected chi connectivity index (χ2v) is 10.5. The number of carbonyl (C=O) groups is 1. The molecule has 3 atom stereocenters. The van der Waals surface area contributed by atoms with Crippen LogP contribution in [0.1, 0.15) is 46.8 Å². The maximum absolute atomic E-state index is 14.1. The lowest BCUT2D eigenvalue weighted by Crippen LogP contribution is -2.50. The summed E-state index contributed by atoms with van der Waals surface area (Å²) >= 11 is 5.98. The highest BCUT2D eigenvalue weighted by atomic mass is 35.5. The van der Waals surface area contributed by atoms with Crippen molar-refractivity contribution < 1.29 is 35.9 Å². The van der Waals surface area contributed by atoms with Gasteiger partial charge >= 0.3 is 6.18 Å². The lowest BCUT2D eigenvalue weighted by Gasteiger charge is -2.41. The van der Waals surface area contributed by atoms with Crippen LogP contribution < -0.4 is 5.32 Å². The number of alkyl halides is 4. The minimum Gasteiger partial charge on any atom is -0.387 e. The van der Waals surface area contributed by atoms with E-state index in [2.05, 4.69) is 10.3 Å². The Hall–Kier alpha value is -2.24. The SMILES string of the molecule is CS(=O)(=O)c1ccc(C(F)(F)F)cc1C(=O)NCC1(O)CCC(F)CC1c1cc(Cl)ccn1. The fourth-order valence-corrected chi connectivity index (χ4v) is 4.96. The van der Waals surface area contributed by atoms with Crippen molar-refractivity contribution in [2.75, 3.05) is 12.8 Å². The number of rotatable bonds is 5. The van der Waals surface area contributed by atoms with Gasteiger partial charge in [0.25, 0.3) is 5.91 Å². The van der Waals surface area contributed by atoms with E-state index in [0.717, 1.165) is 12.3 Å². The Kier molecular flexibility index (Phi) is 7.07. The first-order valence-corrected chi connectivity index (χ1v) is 12.1. The zero-order valence-electron chi connectivity index (χ0n) is 17.4. The number of carbonyl (C=O) groups excluding carboxylic acids is 1. The van der Waals surface area contributed by atoms with E-state index in [4.69, 9.17) is 11.6 Å². The zero-order valence-corrected chi connectivity index (χ0v) is 18.9. The van der Waals surface area contributed by atoms with E-state index in [1.54, 1.807) is 0 Å². The van der Waals surface area contributed by atoms with E-state index >= 15 is 0 Å². The highest BCUT2D eigenvalue weighted by molar-refractivity contribution is 7.90. The lowest BCUT2D eigenvalue weighted by molar-refractivity contribution is -0.137. The van der Waals surface area contributed by atoms with Crippen LogP contribution in [0.5, 0.6) is 0 Å². The van der Waals surface area contributed by atoms with Crippen LogP contribution in [0.3, 0.4) is 0 Å². The molecule has 2 N–H and O–H groups in total. The predicted molar refractivity (Wildman–Crippen MR) is 113 cm³/mol. The van der Waals surface area contributed by atoms with Crippen molar-refractivity contribution in [2.45, 2.75) is 48.0 Å². The van der Waals surface area contributed by atoms with Gasteiger partial charge in [-0.05, 0) is 49.6 Å². The van der Waals surface area contributed by atoms with Crippen molar-refractivity contribution in [3.8, 4) is 0 Å². The van der Waals surface area contributed by atoms with Gasteiger partial charge in [0.15, 0.2) is 9.84 Å². The number of aromatic nitrogens is 1. The Balaban J connectivity index is 1.91. The average molecular weight is 509 g/mol. The summed E-state index contributed by atoms with van der Waals surface area (Å²) in [5.74, 6) is -1.97. The minimum absolute atomic E-state index is 0.00157. The second kappa shape index (κ2) is 9.19. The van der Waals surface area contributed by atoms with Gasteiger partial charge in [-0.25, -0.2) is 12.8 Å². The van der Waals surface area contributed by atoms with Crippen LogP contribution in [0.15, 0.2) is 41.4 Å².